The second kappa shape index (κ2) is 10.1. The first-order chi connectivity index (χ1) is 21.4. The Morgan fingerprint density at radius 1 is 0.891 bits per heavy atom. The Morgan fingerprint density at radius 2 is 1.48 bits per heavy atom. The van der Waals surface area contributed by atoms with Crippen LogP contribution in [0.15, 0.2) is 29.8 Å². The monoisotopic (exact) mass is 686 g/mol. The Hall–Kier alpha value is -3.71. The number of benzene rings is 2. The molecule has 6 rings (SSSR count). The highest BCUT2D eigenvalue weighted by atomic mass is 35.5. The lowest BCUT2D eigenvalue weighted by atomic mass is 9.56. The average molecular weight is 687 g/mol. The molecule has 4 aliphatic rings. The number of phenolic OH excluding ortho intramolecular Hbond substituents is 1. The number of likely N-dealkylation sites (tertiary alicyclic amines) is 1. The zero-order valence-electron chi connectivity index (χ0n) is 24.6. The largest absolute Gasteiger partial charge is 0.504 e. The van der Waals surface area contributed by atoms with E-state index in [-0.39, 0.29) is 28.2 Å². The highest BCUT2D eigenvalue weighted by Gasteiger charge is 2.77. The van der Waals surface area contributed by atoms with Crippen LogP contribution in [0.5, 0.6) is 11.5 Å². The lowest BCUT2D eigenvalue weighted by Crippen LogP contribution is -2.60. The Morgan fingerprint density at radius 3 is 2.04 bits per heavy atom. The Kier molecular flexibility index (Phi) is 7.11. The minimum atomic E-state index is -2.75. The van der Waals surface area contributed by atoms with E-state index in [9.17, 15) is 37.5 Å². The van der Waals surface area contributed by atoms with Crippen molar-refractivity contribution in [3.8, 4) is 11.5 Å². The molecule has 1 N–H and O–H groups in total. The molecule has 2 aromatic rings. The van der Waals surface area contributed by atoms with Gasteiger partial charge in [0.2, 0.25) is 17.6 Å². The number of carbonyl (C=O) groups excluding carboxylic acids is 4. The normalized spacial score (nSPS) is 30.8. The minimum absolute atomic E-state index is 0.0133. The zero-order valence-corrected chi connectivity index (χ0v) is 26.1. The van der Waals surface area contributed by atoms with E-state index in [1.807, 2.05) is 0 Å². The molecule has 1 saturated carbocycles. The fourth-order valence-electron chi connectivity index (χ4n) is 7.51. The first kappa shape index (κ1) is 32.2. The third-order valence-corrected chi connectivity index (χ3v) is 10.9. The maximum atomic E-state index is 15.1. The van der Waals surface area contributed by atoms with Crippen molar-refractivity contribution < 1.29 is 51.0 Å². The highest BCUT2D eigenvalue weighted by Crippen LogP contribution is 2.67. The summed E-state index contributed by atoms with van der Waals surface area (Å²) >= 11 is 14.1. The molecule has 8 nitrogen and oxygen atoms in total. The van der Waals surface area contributed by atoms with E-state index in [1.54, 1.807) is 26.8 Å². The van der Waals surface area contributed by atoms with Gasteiger partial charge in [0.25, 0.3) is 11.8 Å². The molecule has 6 unspecified atom stereocenters. The third kappa shape index (κ3) is 3.84. The summed E-state index contributed by atoms with van der Waals surface area (Å²) in [6, 6.07) is 4.10. The van der Waals surface area contributed by atoms with Crippen LogP contribution in [0.4, 0.5) is 27.6 Å². The number of carbonyl (C=O) groups is 4. The molecule has 3 fully saturated rings. The van der Waals surface area contributed by atoms with Gasteiger partial charge in [-0.1, -0.05) is 23.8 Å². The van der Waals surface area contributed by atoms with Gasteiger partial charge in [-0.25, -0.2) is 26.9 Å². The number of anilines is 1. The molecule has 2 saturated heterocycles. The predicted octanol–water partition coefficient (Wildman–Crippen LogP) is 5.46. The molecule has 0 bridgehead atoms. The van der Waals surface area contributed by atoms with Gasteiger partial charge in [-0.2, -0.15) is 0 Å². The molecule has 0 aromatic heterocycles. The minimum Gasteiger partial charge on any atom is -0.504 e. The highest BCUT2D eigenvalue weighted by molar-refractivity contribution is 6.58. The Bertz CT molecular complexity index is 1780. The van der Waals surface area contributed by atoms with E-state index < -0.39 is 110 Å². The number of amides is 4. The molecular weight excluding hydrogens is 662 g/mol. The van der Waals surface area contributed by atoms with Crippen LogP contribution in [-0.4, -0.2) is 56.0 Å². The number of fused-ring (bicyclic) bond motifs is 4. The smallest absolute Gasteiger partial charge is 0.258 e. The van der Waals surface area contributed by atoms with Gasteiger partial charge in [-0.05, 0) is 45.6 Å². The van der Waals surface area contributed by atoms with E-state index in [4.69, 9.17) is 27.9 Å². The number of halogens is 7. The number of phenols is 1. The van der Waals surface area contributed by atoms with Gasteiger partial charge >= 0.3 is 0 Å². The van der Waals surface area contributed by atoms with Crippen LogP contribution in [0.1, 0.15) is 45.1 Å². The van der Waals surface area contributed by atoms with Crippen molar-refractivity contribution in [1.82, 2.24) is 4.90 Å². The molecule has 15 heteroatoms. The summed E-state index contributed by atoms with van der Waals surface area (Å²) < 4.78 is 78.1. The lowest BCUT2D eigenvalue weighted by Gasteiger charge is -2.50. The van der Waals surface area contributed by atoms with Crippen LogP contribution in [0, 0.1) is 46.8 Å². The quantitative estimate of drug-likeness (QED) is 0.115. The number of hydrogen-bond acceptors (Lipinski definition) is 6. The van der Waals surface area contributed by atoms with Crippen molar-refractivity contribution in [2.45, 2.75) is 54.8 Å². The summed E-state index contributed by atoms with van der Waals surface area (Å²) in [4.78, 5) is 51.3. The molecule has 2 aliphatic heterocycles. The molecule has 46 heavy (non-hydrogen) atoms. The SMILES string of the molecule is COc1cccc(C2C3=CCC4C(=O)N(C(C)(C)C)C(=O)C4C3CC3(Cl)C(=O)N(c4c(F)c(F)c(F)c(F)c4F)C(=O)C23Cl)c1O. The van der Waals surface area contributed by atoms with Gasteiger partial charge in [0, 0.05) is 17.0 Å². The molecule has 2 heterocycles. The number of nitrogens with zero attached hydrogens (tertiary/aromatic N) is 2. The molecule has 6 atom stereocenters. The van der Waals surface area contributed by atoms with Crippen molar-refractivity contribution in [2.75, 3.05) is 12.0 Å². The number of hydrogen-bond donors (Lipinski definition) is 1. The van der Waals surface area contributed by atoms with E-state index >= 15 is 8.78 Å². The molecule has 4 amide bonds. The van der Waals surface area contributed by atoms with Crippen LogP contribution >= 0.6 is 23.2 Å². The second-order valence-corrected chi connectivity index (χ2v) is 14.0. The number of alkyl halides is 2. The van der Waals surface area contributed by atoms with Gasteiger partial charge in [0.1, 0.15) is 5.69 Å². The number of rotatable bonds is 3. The average Bonchev–Trinajstić information content (AvgIpc) is 3.34. The number of imide groups is 2. The number of methoxy groups -OCH3 is 1. The molecular formula is C31H25Cl2F5N2O6. The summed E-state index contributed by atoms with van der Waals surface area (Å²) in [5.41, 5.74) is -2.75. The maximum Gasteiger partial charge on any atom is 0.258 e. The van der Waals surface area contributed by atoms with Crippen LogP contribution in [0.2, 0.25) is 0 Å². The van der Waals surface area contributed by atoms with Gasteiger partial charge in [-0.15, -0.1) is 23.2 Å². The molecule has 2 aromatic carbocycles. The van der Waals surface area contributed by atoms with Crippen molar-refractivity contribution in [2.24, 2.45) is 17.8 Å². The van der Waals surface area contributed by atoms with Crippen LogP contribution < -0.4 is 9.64 Å². The van der Waals surface area contributed by atoms with E-state index in [0.29, 0.717) is 0 Å². The zero-order chi connectivity index (χ0) is 34.0. The first-order valence-corrected chi connectivity index (χ1v) is 14.8. The molecule has 0 radical (unpaired) electrons. The summed E-state index contributed by atoms with van der Waals surface area (Å²) in [6.45, 7) is 4.96. The number of aromatic hydroxyl groups is 1. The van der Waals surface area contributed by atoms with Crippen LogP contribution in [0.3, 0.4) is 0 Å². The van der Waals surface area contributed by atoms with Crippen LogP contribution in [-0.2, 0) is 19.2 Å². The topological polar surface area (TPSA) is 104 Å². The summed E-state index contributed by atoms with van der Waals surface area (Å²) in [7, 11) is 1.23. The van der Waals surface area contributed by atoms with Crippen molar-refractivity contribution >= 4 is 52.5 Å². The van der Waals surface area contributed by atoms with Crippen molar-refractivity contribution in [1.29, 1.82) is 0 Å². The van der Waals surface area contributed by atoms with Crippen LogP contribution in [0.25, 0.3) is 0 Å². The molecule has 0 spiro atoms. The standard InChI is InChI=1S/C31H25Cl2F5N2O6/c1-29(2,3)40-25(42)12-9-8-11-14(16(12)26(40)43)10-30(32)27(44)39(23-21(37)19(35)18(34)20(36)22(23)38)28(45)31(30,33)17(11)13-6-5-7-15(46-4)24(13)41/h5-8,12,14,16-17,41H,9-10H2,1-4H3. The van der Waals surface area contributed by atoms with E-state index in [2.05, 4.69) is 0 Å². The molecule has 2 aliphatic carbocycles. The lowest BCUT2D eigenvalue weighted by molar-refractivity contribution is -0.145. The molecule has 244 valence electrons. The second-order valence-electron chi connectivity index (χ2n) is 12.8. The summed E-state index contributed by atoms with van der Waals surface area (Å²) in [6.07, 6.45) is 0.895. The fraction of sp³-hybridized carbons (Fsp3) is 0.419. The number of para-hydroxylation sites is 1. The predicted molar refractivity (Wildman–Crippen MR) is 153 cm³/mol. The first-order valence-electron chi connectivity index (χ1n) is 14.1. The van der Waals surface area contributed by atoms with Gasteiger partial charge in [0.15, 0.2) is 44.5 Å². The number of allylic oxidation sites excluding steroid dienone is 2. The van der Waals surface area contributed by atoms with E-state index in [1.165, 1.54) is 25.3 Å². The third-order valence-electron chi connectivity index (χ3n) is 9.45. The van der Waals surface area contributed by atoms with Gasteiger partial charge < -0.3 is 9.84 Å². The van der Waals surface area contributed by atoms with E-state index in [0.717, 1.165) is 4.90 Å². The maximum absolute atomic E-state index is 15.1. The number of ether oxygens (including phenoxy) is 1. The fourth-order valence-corrected chi connectivity index (χ4v) is 8.44. The Balaban J connectivity index is 1.62. The van der Waals surface area contributed by atoms with Gasteiger partial charge in [0.05, 0.1) is 18.9 Å². The van der Waals surface area contributed by atoms with Crippen molar-refractivity contribution in [3.63, 3.8) is 0 Å². The Labute approximate surface area is 268 Å². The van der Waals surface area contributed by atoms with Gasteiger partial charge in [-0.3, -0.25) is 24.1 Å². The summed E-state index contributed by atoms with van der Waals surface area (Å²) in [5.74, 6) is -22.0. The van der Waals surface area contributed by atoms with Crippen molar-refractivity contribution in [3.05, 3.63) is 64.5 Å². The summed E-state index contributed by atoms with van der Waals surface area (Å²) in [5, 5.41) is 11.3.